The van der Waals surface area contributed by atoms with Gasteiger partial charge >= 0.3 is 0 Å². The molecule has 94 valence electrons. The number of carbonyl (C=O) groups excluding carboxylic acids is 1. The molecule has 1 rings (SSSR count). The minimum absolute atomic E-state index is 0.0402. The molecule has 1 aromatic rings. The van der Waals surface area contributed by atoms with E-state index in [9.17, 15) is 4.79 Å². The fourth-order valence-electron chi connectivity index (χ4n) is 1.29. The topological polar surface area (TPSA) is 55.1 Å². The molecule has 5 heteroatoms. The largest absolute Gasteiger partial charge is 0.330 e. The lowest BCUT2D eigenvalue weighted by Gasteiger charge is -2.09. The Balaban J connectivity index is 2.48. The van der Waals surface area contributed by atoms with Crippen molar-refractivity contribution in [2.45, 2.75) is 19.8 Å². The van der Waals surface area contributed by atoms with Gasteiger partial charge in [-0.25, -0.2) is 0 Å². The first-order valence-corrected chi connectivity index (χ1v) is 7.35. The second-order valence-corrected chi connectivity index (χ2v) is 6.07. The zero-order chi connectivity index (χ0) is 12.8. The van der Waals surface area contributed by atoms with Crippen LogP contribution in [-0.4, -0.2) is 12.5 Å². The molecular weight excluding hydrogens is 395 g/mol. The number of rotatable bonds is 5. The van der Waals surface area contributed by atoms with Crippen LogP contribution in [0.5, 0.6) is 0 Å². The molecule has 0 spiro atoms. The normalized spacial score (nSPS) is 12.2. The van der Waals surface area contributed by atoms with Crippen molar-refractivity contribution in [2.75, 3.05) is 11.9 Å². The highest BCUT2D eigenvalue weighted by Gasteiger charge is 2.06. The maximum absolute atomic E-state index is 11.7. The summed E-state index contributed by atoms with van der Waals surface area (Å²) in [5.74, 6) is 0.433. The fraction of sp³-hybridized carbons (Fsp3) is 0.417. The minimum Gasteiger partial charge on any atom is -0.330 e. The van der Waals surface area contributed by atoms with Gasteiger partial charge in [-0.15, -0.1) is 0 Å². The summed E-state index contributed by atoms with van der Waals surface area (Å²) >= 11 is 5.67. The van der Waals surface area contributed by atoms with Gasteiger partial charge in [0.2, 0.25) is 5.91 Å². The standard InChI is InChI=1S/C12H16BrIN2O/c1-8(7-15)2-5-12(17)16-9-3-4-11(14)10(13)6-9/h3-4,6,8H,2,5,7,15H2,1H3,(H,16,17). The molecule has 0 fully saturated rings. The summed E-state index contributed by atoms with van der Waals surface area (Å²) in [5.41, 5.74) is 6.33. The van der Waals surface area contributed by atoms with Crippen LogP contribution in [0.2, 0.25) is 0 Å². The van der Waals surface area contributed by atoms with E-state index in [2.05, 4.69) is 50.8 Å². The average molecular weight is 411 g/mol. The van der Waals surface area contributed by atoms with Crippen LogP contribution >= 0.6 is 38.5 Å². The molecule has 1 unspecified atom stereocenters. The van der Waals surface area contributed by atoms with Crippen LogP contribution < -0.4 is 11.1 Å². The monoisotopic (exact) mass is 410 g/mol. The van der Waals surface area contributed by atoms with E-state index in [1.807, 2.05) is 18.2 Å². The Bertz CT molecular complexity index is 398. The van der Waals surface area contributed by atoms with Crippen molar-refractivity contribution in [2.24, 2.45) is 11.7 Å². The first-order valence-electron chi connectivity index (χ1n) is 5.48. The van der Waals surface area contributed by atoms with Gasteiger partial charge in [-0.1, -0.05) is 6.92 Å². The van der Waals surface area contributed by atoms with Gasteiger partial charge < -0.3 is 11.1 Å². The summed E-state index contributed by atoms with van der Waals surface area (Å²) < 4.78 is 2.11. The van der Waals surface area contributed by atoms with Crippen LogP contribution in [0, 0.1) is 9.49 Å². The molecule has 1 amide bonds. The van der Waals surface area contributed by atoms with E-state index in [1.165, 1.54) is 0 Å². The van der Waals surface area contributed by atoms with Gasteiger partial charge in [0.15, 0.2) is 0 Å². The highest BCUT2D eigenvalue weighted by atomic mass is 127. The van der Waals surface area contributed by atoms with Crippen molar-refractivity contribution in [3.05, 3.63) is 26.2 Å². The average Bonchev–Trinajstić information content (AvgIpc) is 2.31. The van der Waals surface area contributed by atoms with Crippen LogP contribution in [0.3, 0.4) is 0 Å². The first kappa shape index (κ1) is 14.9. The van der Waals surface area contributed by atoms with Crippen molar-refractivity contribution in [1.82, 2.24) is 0 Å². The van der Waals surface area contributed by atoms with Gasteiger partial charge in [0.1, 0.15) is 0 Å². The summed E-state index contributed by atoms with van der Waals surface area (Å²) in [7, 11) is 0. The van der Waals surface area contributed by atoms with Crippen LogP contribution in [0.1, 0.15) is 19.8 Å². The molecule has 0 aliphatic carbocycles. The second-order valence-electron chi connectivity index (χ2n) is 4.06. The smallest absolute Gasteiger partial charge is 0.224 e. The summed E-state index contributed by atoms with van der Waals surface area (Å²) in [6.07, 6.45) is 1.34. The fourth-order valence-corrected chi connectivity index (χ4v) is 2.01. The number of halogens is 2. The van der Waals surface area contributed by atoms with Gasteiger partial charge in [0.25, 0.3) is 0 Å². The van der Waals surface area contributed by atoms with Crippen molar-refractivity contribution in [3.8, 4) is 0 Å². The second kappa shape index (κ2) is 7.33. The van der Waals surface area contributed by atoms with Gasteiger partial charge in [-0.3, -0.25) is 4.79 Å². The molecular formula is C12H16BrIN2O. The number of carbonyl (C=O) groups is 1. The molecule has 3 N–H and O–H groups in total. The molecule has 1 atom stereocenters. The molecule has 17 heavy (non-hydrogen) atoms. The van der Waals surface area contributed by atoms with E-state index >= 15 is 0 Å². The number of amides is 1. The molecule has 3 nitrogen and oxygen atoms in total. The molecule has 0 saturated carbocycles. The van der Waals surface area contributed by atoms with E-state index in [1.54, 1.807) is 0 Å². The Morgan fingerprint density at radius 2 is 2.29 bits per heavy atom. The zero-order valence-corrected chi connectivity index (χ0v) is 13.4. The third-order valence-electron chi connectivity index (χ3n) is 2.47. The van der Waals surface area contributed by atoms with Gasteiger partial charge in [0.05, 0.1) is 0 Å². The van der Waals surface area contributed by atoms with Crippen molar-refractivity contribution >= 4 is 50.1 Å². The number of hydrogen-bond acceptors (Lipinski definition) is 2. The summed E-state index contributed by atoms with van der Waals surface area (Å²) in [6, 6.07) is 5.77. The summed E-state index contributed by atoms with van der Waals surface area (Å²) in [6.45, 7) is 2.68. The quantitative estimate of drug-likeness (QED) is 0.731. The van der Waals surface area contributed by atoms with Crippen LogP contribution in [-0.2, 0) is 4.79 Å². The molecule has 0 aliphatic rings. The van der Waals surface area contributed by atoms with E-state index in [0.29, 0.717) is 18.9 Å². The number of anilines is 1. The molecule has 0 heterocycles. The summed E-state index contributed by atoms with van der Waals surface area (Å²) in [4.78, 5) is 11.7. The Hall–Kier alpha value is -0.140. The summed E-state index contributed by atoms with van der Waals surface area (Å²) in [5, 5.41) is 2.88. The van der Waals surface area contributed by atoms with Crippen molar-refractivity contribution < 1.29 is 4.79 Å². The number of nitrogens with two attached hydrogens (primary N) is 1. The predicted octanol–water partition coefficient (Wildman–Crippen LogP) is 3.37. The lowest BCUT2D eigenvalue weighted by Crippen LogP contribution is -2.16. The van der Waals surface area contributed by atoms with Gasteiger partial charge in [0, 0.05) is 20.2 Å². The minimum atomic E-state index is 0.0402. The SMILES string of the molecule is CC(CN)CCC(=O)Nc1ccc(I)c(Br)c1. The third-order valence-corrected chi connectivity index (χ3v) is 4.81. The van der Waals surface area contributed by atoms with Crippen molar-refractivity contribution in [3.63, 3.8) is 0 Å². The van der Waals surface area contributed by atoms with Gasteiger partial charge in [-0.05, 0) is 75.6 Å². The van der Waals surface area contributed by atoms with E-state index in [-0.39, 0.29) is 5.91 Å². The van der Waals surface area contributed by atoms with E-state index in [0.717, 1.165) is 20.2 Å². The van der Waals surface area contributed by atoms with Crippen LogP contribution in [0.15, 0.2) is 22.7 Å². The molecule has 1 aromatic carbocycles. The lowest BCUT2D eigenvalue weighted by atomic mass is 10.1. The number of hydrogen-bond donors (Lipinski definition) is 2. The number of benzene rings is 1. The molecule has 0 aliphatic heterocycles. The molecule has 0 bridgehead atoms. The van der Waals surface area contributed by atoms with E-state index < -0.39 is 0 Å². The molecule has 0 aromatic heterocycles. The molecule has 0 radical (unpaired) electrons. The Labute approximate surface area is 124 Å². The van der Waals surface area contributed by atoms with Gasteiger partial charge in [-0.2, -0.15) is 0 Å². The molecule has 0 saturated heterocycles. The van der Waals surface area contributed by atoms with Crippen LogP contribution in [0.4, 0.5) is 5.69 Å². The Morgan fingerprint density at radius 1 is 1.59 bits per heavy atom. The first-order chi connectivity index (χ1) is 8.02. The Kier molecular flexibility index (Phi) is 6.43. The zero-order valence-electron chi connectivity index (χ0n) is 9.67. The predicted molar refractivity (Wildman–Crippen MR) is 82.9 cm³/mol. The third kappa shape index (κ3) is 5.35. The highest BCUT2D eigenvalue weighted by molar-refractivity contribution is 14.1. The van der Waals surface area contributed by atoms with Crippen molar-refractivity contribution in [1.29, 1.82) is 0 Å². The Morgan fingerprint density at radius 3 is 2.88 bits per heavy atom. The maximum atomic E-state index is 11.7. The maximum Gasteiger partial charge on any atom is 0.224 e. The highest BCUT2D eigenvalue weighted by Crippen LogP contribution is 2.23. The number of nitrogens with one attached hydrogen (secondary N) is 1. The lowest BCUT2D eigenvalue weighted by molar-refractivity contribution is -0.116. The van der Waals surface area contributed by atoms with Crippen LogP contribution in [0.25, 0.3) is 0 Å². The van der Waals surface area contributed by atoms with E-state index in [4.69, 9.17) is 5.73 Å².